The smallest absolute Gasteiger partial charge is 0.213 e. The molecule has 5 nitrogen and oxygen atoms in total. The van der Waals surface area contributed by atoms with E-state index in [4.69, 9.17) is 4.84 Å². The average molecular weight is 275 g/mol. The van der Waals surface area contributed by atoms with Gasteiger partial charge in [-0.3, -0.25) is 4.79 Å². The maximum absolute atomic E-state index is 10.2. The van der Waals surface area contributed by atoms with E-state index in [0.717, 1.165) is 17.0 Å². The largest absolute Gasteiger partial charge is 0.389 e. The van der Waals surface area contributed by atoms with Crippen LogP contribution in [0.15, 0.2) is 40.9 Å². The van der Waals surface area contributed by atoms with E-state index in [1.54, 1.807) is 0 Å². The summed E-state index contributed by atoms with van der Waals surface area (Å²) in [6, 6.07) is 9.79. The number of anilines is 1. The van der Waals surface area contributed by atoms with Crippen LogP contribution in [0.4, 0.5) is 5.13 Å². The molecule has 1 N–H and O–H groups in total. The van der Waals surface area contributed by atoms with E-state index in [1.807, 2.05) is 42.6 Å². The van der Waals surface area contributed by atoms with Crippen molar-refractivity contribution in [1.82, 2.24) is 4.98 Å². The van der Waals surface area contributed by atoms with Crippen molar-refractivity contribution < 1.29 is 9.63 Å². The van der Waals surface area contributed by atoms with Gasteiger partial charge in [-0.1, -0.05) is 35.5 Å². The summed E-state index contributed by atoms with van der Waals surface area (Å²) in [7, 11) is 0. The Morgan fingerprint density at radius 2 is 2.26 bits per heavy atom. The summed E-state index contributed by atoms with van der Waals surface area (Å²) >= 11 is 1.35. The lowest BCUT2D eigenvalue weighted by molar-refractivity contribution is -0.105. The van der Waals surface area contributed by atoms with Gasteiger partial charge >= 0.3 is 0 Å². The molecule has 1 amide bonds. The Kier molecular flexibility index (Phi) is 4.63. The van der Waals surface area contributed by atoms with Crippen LogP contribution < -0.4 is 5.32 Å². The summed E-state index contributed by atoms with van der Waals surface area (Å²) in [6.45, 7) is 2.16. The van der Waals surface area contributed by atoms with Crippen molar-refractivity contribution in [2.24, 2.45) is 5.16 Å². The standard InChI is InChI=1S/C13H13N3O2S/c1-10(11-5-3-2-4-6-11)16-18-7-12-8-19-13(15-12)14-9-17/h2-6,8-9H,7H2,1H3,(H,14,15,17)/b16-10+. The number of rotatable bonds is 6. The van der Waals surface area contributed by atoms with Crippen LogP contribution in [0.3, 0.4) is 0 Å². The molecule has 0 aliphatic rings. The second kappa shape index (κ2) is 6.65. The summed E-state index contributed by atoms with van der Waals surface area (Å²) in [6.07, 6.45) is 0.598. The van der Waals surface area contributed by atoms with E-state index in [1.165, 1.54) is 11.3 Å². The number of carbonyl (C=O) groups is 1. The third-order valence-corrected chi connectivity index (χ3v) is 3.16. The molecule has 0 radical (unpaired) electrons. The molecule has 1 aromatic heterocycles. The van der Waals surface area contributed by atoms with Gasteiger partial charge in [0, 0.05) is 5.38 Å². The number of carbonyl (C=O) groups excluding carboxylic acids is 1. The van der Waals surface area contributed by atoms with Crippen molar-refractivity contribution in [3.63, 3.8) is 0 Å². The van der Waals surface area contributed by atoms with Crippen LogP contribution in [0.1, 0.15) is 18.2 Å². The molecule has 1 heterocycles. The summed E-state index contributed by atoms with van der Waals surface area (Å²) in [5, 5.41) is 8.90. The van der Waals surface area contributed by atoms with Gasteiger partial charge in [0.15, 0.2) is 11.7 Å². The molecule has 0 aliphatic carbocycles. The van der Waals surface area contributed by atoms with Gasteiger partial charge in [0.05, 0.1) is 11.4 Å². The molecule has 6 heteroatoms. The van der Waals surface area contributed by atoms with E-state index in [9.17, 15) is 4.79 Å². The van der Waals surface area contributed by atoms with Gasteiger partial charge in [0.25, 0.3) is 0 Å². The van der Waals surface area contributed by atoms with Crippen LogP contribution in [0, 0.1) is 0 Å². The molecule has 0 aliphatic heterocycles. The van der Waals surface area contributed by atoms with Crippen molar-refractivity contribution in [3.8, 4) is 0 Å². The Labute approximate surface area is 114 Å². The molecule has 0 spiro atoms. The third kappa shape index (κ3) is 3.89. The number of aromatic nitrogens is 1. The van der Waals surface area contributed by atoms with Crippen LogP contribution >= 0.6 is 11.3 Å². The number of hydrogen-bond acceptors (Lipinski definition) is 5. The molecular formula is C13H13N3O2S. The zero-order valence-electron chi connectivity index (χ0n) is 10.4. The highest BCUT2D eigenvalue weighted by molar-refractivity contribution is 7.13. The highest BCUT2D eigenvalue weighted by atomic mass is 32.1. The number of hydrogen-bond donors (Lipinski definition) is 1. The van der Waals surface area contributed by atoms with E-state index >= 15 is 0 Å². The van der Waals surface area contributed by atoms with Gasteiger partial charge in [-0.15, -0.1) is 11.3 Å². The number of amides is 1. The lowest BCUT2D eigenvalue weighted by Crippen LogP contribution is -1.97. The van der Waals surface area contributed by atoms with Gasteiger partial charge in [-0.2, -0.15) is 0 Å². The first-order valence-electron chi connectivity index (χ1n) is 5.66. The number of oxime groups is 1. The van der Waals surface area contributed by atoms with E-state index in [-0.39, 0.29) is 6.61 Å². The first-order valence-corrected chi connectivity index (χ1v) is 6.54. The first kappa shape index (κ1) is 13.2. The number of nitrogens with zero attached hydrogens (tertiary/aromatic N) is 2. The second-order valence-corrected chi connectivity index (χ2v) is 4.58. The maximum atomic E-state index is 10.2. The molecule has 0 fully saturated rings. The fourth-order valence-electron chi connectivity index (χ4n) is 1.42. The average Bonchev–Trinajstić information content (AvgIpc) is 2.88. The summed E-state index contributed by atoms with van der Waals surface area (Å²) < 4.78 is 0. The highest BCUT2D eigenvalue weighted by Gasteiger charge is 2.02. The highest BCUT2D eigenvalue weighted by Crippen LogP contribution is 2.15. The molecule has 0 atom stereocenters. The topological polar surface area (TPSA) is 63.6 Å². The van der Waals surface area contributed by atoms with Crippen molar-refractivity contribution in [1.29, 1.82) is 0 Å². The van der Waals surface area contributed by atoms with Gasteiger partial charge in [-0.25, -0.2) is 4.98 Å². The van der Waals surface area contributed by atoms with Crippen LogP contribution in [-0.2, 0) is 16.2 Å². The summed E-state index contributed by atoms with van der Waals surface area (Å²) in [5.74, 6) is 0. The molecule has 19 heavy (non-hydrogen) atoms. The van der Waals surface area contributed by atoms with E-state index < -0.39 is 0 Å². The molecule has 0 saturated carbocycles. The monoisotopic (exact) mass is 275 g/mol. The number of thiazole rings is 1. The van der Waals surface area contributed by atoms with Crippen LogP contribution in [-0.4, -0.2) is 17.1 Å². The molecule has 2 aromatic rings. The van der Waals surface area contributed by atoms with Crippen molar-refractivity contribution >= 4 is 28.6 Å². The molecule has 0 bridgehead atoms. The lowest BCUT2D eigenvalue weighted by Gasteiger charge is -2.00. The van der Waals surface area contributed by atoms with Crippen LogP contribution in [0.25, 0.3) is 0 Å². The zero-order chi connectivity index (χ0) is 13.5. The van der Waals surface area contributed by atoms with Crippen molar-refractivity contribution in [2.45, 2.75) is 13.5 Å². The molecule has 2 rings (SSSR count). The number of nitrogens with one attached hydrogen (secondary N) is 1. The minimum absolute atomic E-state index is 0.279. The Bertz CT molecular complexity index is 566. The van der Waals surface area contributed by atoms with E-state index in [2.05, 4.69) is 15.5 Å². The fourth-order valence-corrected chi connectivity index (χ4v) is 2.07. The van der Waals surface area contributed by atoms with Crippen LogP contribution in [0.2, 0.25) is 0 Å². The fraction of sp³-hybridized carbons (Fsp3) is 0.154. The molecule has 98 valence electrons. The van der Waals surface area contributed by atoms with Crippen molar-refractivity contribution in [3.05, 3.63) is 47.0 Å². The molecule has 1 aromatic carbocycles. The first-order chi connectivity index (χ1) is 9.29. The predicted molar refractivity (Wildman–Crippen MR) is 75.2 cm³/mol. The summed E-state index contributed by atoms with van der Waals surface area (Å²) in [5.41, 5.74) is 2.56. The minimum atomic E-state index is 0.279. The van der Waals surface area contributed by atoms with Crippen LogP contribution in [0.5, 0.6) is 0 Å². The van der Waals surface area contributed by atoms with E-state index in [0.29, 0.717) is 11.5 Å². The Morgan fingerprint density at radius 3 is 3.00 bits per heavy atom. The van der Waals surface area contributed by atoms with Crippen molar-refractivity contribution in [2.75, 3.05) is 5.32 Å². The Hall–Kier alpha value is -2.21. The van der Waals surface area contributed by atoms with Gasteiger partial charge < -0.3 is 10.2 Å². The lowest BCUT2D eigenvalue weighted by atomic mass is 10.1. The SMILES string of the molecule is C/C(=N\OCc1csc(NC=O)n1)c1ccccc1. The molecular weight excluding hydrogens is 262 g/mol. The van der Waals surface area contributed by atoms with Gasteiger partial charge in [0.1, 0.15) is 0 Å². The quantitative estimate of drug-likeness (QED) is 0.501. The zero-order valence-corrected chi connectivity index (χ0v) is 11.2. The van der Waals surface area contributed by atoms with Gasteiger partial charge in [-0.05, 0) is 12.5 Å². The number of benzene rings is 1. The summed E-state index contributed by atoms with van der Waals surface area (Å²) in [4.78, 5) is 19.6. The Balaban J connectivity index is 1.90. The normalized spacial score (nSPS) is 11.1. The molecule has 0 unspecified atom stereocenters. The third-order valence-electron chi connectivity index (χ3n) is 2.34. The Morgan fingerprint density at radius 1 is 1.47 bits per heavy atom. The predicted octanol–water partition coefficient (Wildman–Crippen LogP) is 2.65. The molecule has 0 saturated heterocycles. The minimum Gasteiger partial charge on any atom is -0.389 e. The van der Waals surface area contributed by atoms with Gasteiger partial charge in [0.2, 0.25) is 6.41 Å². The second-order valence-electron chi connectivity index (χ2n) is 3.72. The maximum Gasteiger partial charge on any atom is 0.213 e.